The number of carbonyl (C=O) groups is 1. The summed E-state index contributed by atoms with van der Waals surface area (Å²) in [6.45, 7) is 0.411. The molecule has 0 aliphatic heterocycles. The van der Waals surface area contributed by atoms with E-state index in [9.17, 15) is 4.79 Å². The predicted octanol–water partition coefficient (Wildman–Crippen LogP) is 1.96. The molecule has 0 spiro atoms. The Kier molecular flexibility index (Phi) is 5.52. The molecular weight excluding hydrogens is 222 g/mol. The van der Waals surface area contributed by atoms with Gasteiger partial charge in [-0.15, -0.1) is 11.8 Å². The van der Waals surface area contributed by atoms with Crippen molar-refractivity contribution in [1.82, 2.24) is 0 Å². The molecule has 0 heterocycles. The summed E-state index contributed by atoms with van der Waals surface area (Å²) in [7, 11) is 1.58. The van der Waals surface area contributed by atoms with Crippen LogP contribution < -0.4 is 5.73 Å². The number of benzene rings is 1. The largest absolute Gasteiger partial charge is 0.383 e. The van der Waals surface area contributed by atoms with E-state index in [0.29, 0.717) is 18.6 Å². The Balaban J connectivity index is 2.59. The van der Waals surface area contributed by atoms with Crippen LogP contribution in [0.5, 0.6) is 0 Å². The number of nitrogens with two attached hydrogens (primary N) is 1. The number of thioether (sulfide) groups is 1. The number of hydrogen-bond acceptors (Lipinski definition) is 4. The zero-order valence-electron chi connectivity index (χ0n) is 9.60. The number of Topliss-reactive ketones (excluding diaryl/α,β-unsaturated/α-hetero) is 1. The Hall–Kier alpha value is -0.840. The highest BCUT2D eigenvalue weighted by molar-refractivity contribution is 7.98. The summed E-state index contributed by atoms with van der Waals surface area (Å²) in [5.74, 6) is 0.0669. The Labute approximate surface area is 100 Å². The van der Waals surface area contributed by atoms with E-state index in [0.717, 1.165) is 4.90 Å². The quantitative estimate of drug-likeness (QED) is 0.609. The van der Waals surface area contributed by atoms with Crippen molar-refractivity contribution in [1.29, 1.82) is 0 Å². The zero-order valence-corrected chi connectivity index (χ0v) is 10.4. The molecule has 0 bridgehead atoms. The van der Waals surface area contributed by atoms with Gasteiger partial charge in [0, 0.05) is 30.0 Å². The molecule has 16 heavy (non-hydrogen) atoms. The van der Waals surface area contributed by atoms with Crippen molar-refractivity contribution >= 4 is 17.5 Å². The van der Waals surface area contributed by atoms with Crippen molar-refractivity contribution in [3.8, 4) is 0 Å². The molecule has 1 atom stereocenters. The van der Waals surface area contributed by atoms with E-state index >= 15 is 0 Å². The zero-order chi connectivity index (χ0) is 12.0. The summed E-state index contributed by atoms with van der Waals surface area (Å²) < 4.78 is 4.90. The molecule has 1 unspecified atom stereocenters. The Morgan fingerprint density at radius 2 is 2.06 bits per heavy atom. The fourth-order valence-corrected chi connectivity index (χ4v) is 1.81. The van der Waals surface area contributed by atoms with Crippen molar-refractivity contribution in [2.24, 2.45) is 5.73 Å². The predicted molar refractivity (Wildman–Crippen MR) is 67.0 cm³/mol. The number of ketones is 1. The maximum atomic E-state index is 11.8. The molecule has 1 aromatic carbocycles. The van der Waals surface area contributed by atoms with Gasteiger partial charge in [-0.2, -0.15) is 0 Å². The molecule has 0 aliphatic rings. The number of carbonyl (C=O) groups excluding carboxylic acids is 1. The average Bonchev–Trinajstić information content (AvgIpc) is 2.29. The number of methoxy groups -OCH3 is 1. The Morgan fingerprint density at radius 3 is 2.56 bits per heavy atom. The summed E-state index contributed by atoms with van der Waals surface area (Å²) in [4.78, 5) is 12.9. The van der Waals surface area contributed by atoms with E-state index in [4.69, 9.17) is 10.5 Å². The molecule has 0 amide bonds. The van der Waals surface area contributed by atoms with E-state index in [1.54, 1.807) is 18.9 Å². The summed E-state index contributed by atoms with van der Waals surface area (Å²) in [5.41, 5.74) is 6.44. The van der Waals surface area contributed by atoms with E-state index < -0.39 is 0 Å². The first-order valence-electron chi connectivity index (χ1n) is 5.09. The summed E-state index contributed by atoms with van der Waals surface area (Å²) in [6, 6.07) is 7.35. The molecule has 4 heteroatoms. The minimum atomic E-state index is -0.224. The molecule has 1 rings (SSSR count). The fraction of sp³-hybridized carbons (Fsp3) is 0.417. The van der Waals surface area contributed by atoms with Crippen molar-refractivity contribution < 1.29 is 9.53 Å². The van der Waals surface area contributed by atoms with Crippen LogP contribution in [0.2, 0.25) is 0 Å². The molecule has 0 saturated carbocycles. The van der Waals surface area contributed by atoms with Gasteiger partial charge >= 0.3 is 0 Å². The minimum absolute atomic E-state index is 0.0669. The van der Waals surface area contributed by atoms with Crippen molar-refractivity contribution in [3.05, 3.63) is 29.8 Å². The van der Waals surface area contributed by atoms with Crippen LogP contribution in [0.4, 0.5) is 0 Å². The van der Waals surface area contributed by atoms with Crippen molar-refractivity contribution in [2.75, 3.05) is 20.0 Å². The molecule has 0 radical (unpaired) electrons. The second-order valence-corrected chi connectivity index (χ2v) is 4.45. The molecule has 0 aromatic heterocycles. The lowest BCUT2D eigenvalue weighted by Crippen LogP contribution is -2.28. The summed E-state index contributed by atoms with van der Waals surface area (Å²) >= 11 is 1.66. The number of rotatable bonds is 6. The van der Waals surface area contributed by atoms with Crippen LogP contribution in [0.1, 0.15) is 16.8 Å². The first-order valence-corrected chi connectivity index (χ1v) is 6.31. The van der Waals surface area contributed by atoms with Crippen LogP contribution in [0.15, 0.2) is 29.2 Å². The van der Waals surface area contributed by atoms with Gasteiger partial charge in [-0.1, -0.05) is 12.1 Å². The van der Waals surface area contributed by atoms with E-state index in [2.05, 4.69) is 0 Å². The van der Waals surface area contributed by atoms with Gasteiger partial charge in [0.05, 0.1) is 6.61 Å². The second-order valence-electron chi connectivity index (χ2n) is 3.57. The third-order valence-corrected chi connectivity index (χ3v) is 2.98. The average molecular weight is 239 g/mol. The van der Waals surface area contributed by atoms with Gasteiger partial charge < -0.3 is 10.5 Å². The molecule has 88 valence electrons. The lowest BCUT2D eigenvalue weighted by molar-refractivity contribution is 0.0949. The molecule has 0 fully saturated rings. The monoisotopic (exact) mass is 239 g/mol. The van der Waals surface area contributed by atoms with Crippen LogP contribution in [0.25, 0.3) is 0 Å². The second kappa shape index (κ2) is 6.68. The Bertz CT molecular complexity index is 337. The van der Waals surface area contributed by atoms with E-state index in [1.807, 2.05) is 30.5 Å². The van der Waals surface area contributed by atoms with E-state index in [1.165, 1.54) is 0 Å². The van der Waals surface area contributed by atoms with Gasteiger partial charge in [0.2, 0.25) is 0 Å². The Morgan fingerprint density at radius 1 is 1.44 bits per heavy atom. The first-order chi connectivity index (χ1) is 7.67. The third kappa shape index (κ3) is 3.96. The van der Waals surface area contributed by atoms with Gasteiger partial charge in [-0.3, -0.25) is 4.79 Å². The fourth-order valence-electron chi connectivity index (χ4n) is 1.41. The van der Waals surface area contributed by atoms with E-state index in [-0.39, 0.29) is 11.8 Å². The lowest BCUT2D eigenvalue weighted by atomic mass is 10.0. The molecule has 3 nitrogen and oxygen atoms in total. The SMILES string of the molecule is COCC(N)CC(=O)c1ccc(SC)cc1. The lowest BCUT2D eigenvalue weighted by Gasteiger charge is -2.09. The standard InChI is InChI=1S/C12H17NO2S/c1-15-8-10(13)7-12(14)9-3-5-11(16-2)6-4-9/h3-6,10H,7-8,13H2,1-2H3. The molecule has 0 aliphatic carbocycles. The molecule has 1 aromatic rings. The van der Waals surface area contributed by atoms with Gasteiger partial charge in [0.1, 0.15) is 0 Å². The smallest absolute Gasteiger partial charge is 0.164 e. The molecule has 2 N–H and O–H groups in total. The van der Waals surface area contributed by atoms with Gasteiger partial charge in [-0.05, 0) is 18.4 Å². The first kappa shape index (κ1) is 13.2. The van der Waals surface area contributed by atoms with Gasteiger partial charge in [-0.25, -0.2) is 0 Å². The molecule has 0 saturated heterocycles. The van der Waals surface area contributed by atoms with Crippen molar-refractivity contribution in [2.45, 2.75) is 17.4 Å². The highest BCUT2D eigenvalue weighted by Gasteiger charge is 2.11. The van der Waals surface area contributed by atoms with Crippen LogP contribution in [0.3, 0.4) is 0 Å². The highest BCUT2D eigenvalue weighted by atomic mass is 32.2. The minimum Gasteiger partial charge on any atom is -0.383 e. The summed E-state index contributed by atoms with van der Waals surface area (Å²) in [5, 5.41) is 0. The maximum absolute atomic E-state index is 11.8. The van der Waals surface area contributed by atoms with Crippen LogP contribution in [-0.2, 0) is 4.74 Å². The van der Waals surface area contributed by atoms with Crippen LogP contribution >= 0.6 is 11.8 Å². The number of ether oxygens (including phenoxy) is 1. The topological polar surface area (TPSA) is 52.3 Å². The molecular formula is C12H17NO2S. The highest BCUT2D eigenvalue weighted by Crippen LogP contribution is 2.15. The van der Waals surface area contributed by atoms with Crippen LogP contribution in [-0.4, -0.2) is 31.8 Å². The van der Waals surface area contributed by atoms with Gasteiger partial charge in [0.25, 0.3) is 0 Å². The van der Waals surface area contributed by atoms with Gasteiger partial charge in [0.15, 0.2) is 5.78 Å². The third-order valence-electron chi connectivity index (χ3n) is 2.24. The number of hydrogen-bond donors (Lipinski definition) is 1. The maximum Gasteiger partial charge on any atom is 0.164 e. The summed E-state index contributed by atoms with van der Waals surface area (Å²) in [6.07, 6.45) is 2.33. The van der Waals surface area contributed by atoms with Crippen molar-refractivity contribution in [3.63, 3.8) is 0 Å². The van der Waals surface area contributed by atoms with Crippen LogP contribution in [0, 0.1) is 0 Å². The normalized spacial score (nSPS) is 12.4.